The molecule has 0 heterocycles. The average Bonchev–Trinajstić information content (AvgIpc) is 3.04. The van der Waals surface area contributed by atoms with E-state index in [1.807, 2.05) is 0 Å². The maximum Gasteiger partial charge on any atom is 0.121 e. The molecule has 126 valence electrons. The van der Waals surface area contributed by atoms with Crippen molar-refractivity contribution in [3.63, 3.8) is 0 Å². The molecule has 8 nitrogen and oxygen atoms in total. The summed E-state index contributed by atoms with van der Waals surface area (Å²) in [5.41, 5.74) is 3.90. The second-order valence-electron chi connectivity index (χ2n) is 6.79. The molecule has 2 aliphatic carbocycles. The SMILES string of the molecule is CC1(C)/C(=N/Nc2ccc(N([O-])[O-])cc2N(O)O)C2CCC1C2. The predicted molar refractivity (Wildman–Crippen MR) is 87.4 cm³/mol. The minimum atomic E-state index is -0.596. The normalized spacial score (nSPS) is 26.6. The predicted octanol–water partition coefficient (Wildman–Crippen LogP) is 3.30. The molecule has 0 aromatic heterocycles. The first kappa shape index (κ1) is 16.0. The van der Waals surface area contributed by atoms with Gasteiger partial charge < -0.3 is 15.6 Å². The van der Waals surface area contributed by atoms with E-state index >= 15 is 0 Å². The Labute approximate surface area is 134 Å². The van der Waals surface area contributed by atoms with Crippen LogP contribution >= 0.6 is 0 Å². The van der Waals surface area contributed by atoms with Crippen LogP contribution in [0, 0.1) is 27.7 Å². The molecule has 2 aliphatic rings. The number of fused-ring (bicyclic) bond motifs is 2. The van der Waals surface area contributed by atoms with Crippen molar-refractivity contribution in [1.82, 2.24) is 0 Å². The molecule has 2 fully saturated rings. The van der Waals surface area contributed by atoms with Crippen LogP contribution in [0.4, 0.5) is 17.1 Å². The number of benzene rings is 1. The number of rotatable bonds is 4. The van der Waals surface area contributed by atoms with Crippen LogP contribution in [-0.2, 0) is 0 Å². The second kappa shape index (κ2) is 5.64. The maximum absolute atomic E-state index is 10.8. The molecule has 1 aromatic rings. The summed E-state index contributed by atoms with van der Waals surface area (Å²) in [6, 6.07) is 3.78. The number of nitrogens with zero attached hydrogens (tertiary/aromatic N) is 3. The first-order valence-corrected chi connectivity index (χ1v) is 7.61. The summed E-state index contributed by atoms with van der Waals surface area (Å²) < 4.78 is 0. The second-order valence-corrected chi connectivity index (χ2v) is 6.79. The maximum atomic E-state index is 10.8. The van der Waals surface area contributed by atoms with Crippen LogP contribution in [0.5, 0.6) is 0 Å². The third-order valence-corrected chi connectivity index (χ3v) is 5.20. The van der Waals surface area contributed by atoms with Crippen molar-refractivity contribution in [2.24, 2.45) is 22.4 Å². The van der Waals surface area contributed by atoms with E-state index < -0.39 is 5.23 Å². The highest BCUT2D eigenvalue weighted by Gasteiger charge is 2.50. The van der Waals surface area contributed by atoms with Crippen molar-refractivity contribution in [1.29, 1.82) is 0 Å². The summed E-state index contributed by atoms with van der Waals surface area (Å²) in [6.07, 6.45) is 3.50. The zero-order chi connectivity index (χ0) is 16.8. The Balaban J connectivity index is 1.87. The Kier molecular flexibility index (Phi) is 3.93. The Morgan fingerprint density at radius 1 is 1.26 bits per heavy atom. The van der Waals surface area contributed by atoms with Crippen LogP contribution in [0.2, 0.25) is 0 Å². The van der Waals surface area contributed by atoms with Gasteiger partial charge in [-0.2, -0.15) is 5.10 Å². The minimum absolute atomic E-state index is 0.0228. The van der Waals surface area contributed by atoms with Crippen LogP contribution in [0.15, 0.2) is 23.3 Å². The smallest absolute Gasteiger partial charge is 0.121 e. The summed E-state index contributed by atoms with van der Waals surface area (Å²) in [5, 5.41) is 43.9. The summed E-state index contributed by atoms with van der Waals surface area (Å²) in [5.74, 6) is 1.10. The fraction of sp³-hybridized carbons (Fsp3) is 0.533. The number of hydrazone groups is 1. The quantitative estimate of drug-likeness (QED) is 0.728. The van der Waals surface area contributed by atoms with E-state index in [4.69, 9.17) is 0 Å². The fourth-order valence-corrected chi connectivity index (χ4v) is 3.87. The van der Waals surface area contributed by atoms with Crippen molar-refractivity contribution in [3.8, 4) is 0 Å². The minimum Gasteiger partial charge on any atom is -0.769 e. The van der Waals surface area contributed by atoms with Crippen LogP contribution < -0.4 is 15.9 Å². The van der Waals surface area contributed by atoms with Gasteiger partial charge in [-0.25, -0.2) is 0 Å². The fourth-order valence-electron chi connectivity index (χ4n) is 3.87. The van der Waals surface area contributed by atoms with Gasteiger partial charge in [0.2, 0.25) is 0 Å². The molecule has 0 saturated heterocycles. The van der Waals surface area contributed by atoms with Crippen LogP contribution in [0.1, 0.15) is 33.1 Å². The third-order valence-electron chi connectivity index (χ3n) is 5.20. The highest BCUT2D eigenvalue weighted by Crippen LogP contribution is 2.53. The first-order valence-electron chi connectivity index (χ1n) is 7.61. The zero-order valence-electron chi connectivity index (χ0n) is 13.1. The van der Waals surface area contributed by atoms with Gasteiger partial charge in [-0.1, -0.05) is 13.8 Å². The molecular formula is C15H20N4O4-2. The Bertz CT molecular complexity index is 630. The lowest BCUT2D eigenvalue weighted by molar-refractivity contribution is 0.0295. The lowest BCUT2D eigenvalue weighted by atomic mass is 9.75. The molecule has 0 amide bonds. The molecule has 8 heteroatoms. The molecule has 0 radical (unpaired) electrons. The Morgan fingerprint density at radius 2 is 2.00 bits per heavy atom. The van der Waals surface area contributed by atoms with Gasteiger partial charge >= 0.3 is 0 Å². The standard InChI is InChI=1S/C15H20N4O4/c1-15(2)10-4-3-9(7-10)14(15)17-16-12-6-5-11(18(20)21)8-13(12)19(22)23/h5-6,8-10,16,22-23H,3-4,7H2,1-2H3/q-2/b17-14+. The van der Waals surface area contributed by atoms with Gasteiger partial charge in [-0.15, -0.1) is 5.23 Å². The summed E-state index contributed by atoms with van der Waals surface area (Å²) in [7, 11) is 0. The van der Waals surface area contributed by atoms with Crippen molar-refractivity contribution in [3.05, 3.63) is 28.6 Å². The molecule has 0 aliphatic heterocycles. The summed E-state index contributed by atoms with van der Waals surface area (Å²) >= 11 is 0. The molecule has 23 heavy (non-hydrogen) atoms. The lowest BCUT2D eigenvalue weighted by Crippen LogP contribution is -2.31. The Morgan fingerprint density at radius 3 is 2.57 bits per heavy atom. The molecule has 2 atom stereocenters. The number of hydrogen-bond acceptors (Lipinski definition) is 8. The van der Waals surface area contributed by atoms with Gasteiger partial charge in [0.1, 0.15) is 5.69 Å². The average molecular weight is 320 g/mol. The number of nitrogens with one attached hydrogen (secondary N) is 1. The molecule has 3 rings (SSSR count). The molecule has 2 bridgehead atoms. The highest BCUT2D eigenvalue weighted by molar-refractivity contribution is 5.95. The summed E-state index contributed by atoms with van der Waals surface area (Å²) in [4.78, 5) is 0. The van der Waals surface area contributed by atoms with Gasteiger partial charge in [0.25, 0.3) is 0 Å². The van der Waals surface area contributed by atoms with E-state index in [2.05, 4.69) is 24.4 Å². The monoisotopic (exact) mass is 320 g/mol. The number of anilines is 3. The van der Waals surface area contributed by atoms with Crippen molar-refractivity contribution in [2.45, 2.75) is 33.1 Å². The highest BCUT2D eigenvalue weighted by atomic mass is 16.8. The van der Waals surface area contributed by atoms with Gasteiger partial charge in [0, 0.05) is 16.8 Å². The van der Waals surface area contributed by atoms with Crippen molar-refractivity contribution >= 4 is 22.8 Å². The topological polar surface area (TPSA) is 117 Å². The largest absolute Gasteiger partial charge is 0.769 e. The van der Waals surface area contributed by atoms with Gasteiger partial charge in [-0.3, -0.25) is 15.8 Å². The van der Waals surface area contributed by atoms with Gasteiger partial charge in [-0.05, 0) is 49.3 Å². The Hall–Kier alpha value is -1.87. The molecular weight excluding hydrogens is 300 g/mol. The van der Waals surface area contributed by atoms with E-state index in [9.17, 15) is 20.8 Å². The lowest BCUT2D eigenvalue weighted by Gasteiger charge is -2.38. The van der Waals surface area contributed by atoms with Crippen LogP contribution in [0.3, 0.4) is 0 Å². The number of hydrogen-bond donors (Lipinski definition) is 3. The van der Waals surface area contributed by atoms with E-state index in [-0.39, 0.29) is 22.0 Å². The molecule has 2 unspecified atom stereocenters. The zero-order valence-corrected chi connectivity index (χ0v) is 13.1. The first-order chi connectivity index (χ1) is 10.8. The van der Waals surface area contributed by atoms with E-state index in [1.54, 1.807) is 0 Å². The van der Waals surface area contributed by atoms with Crippen LogP contribution in [-0.4, -0.2) is 16.1 Å². The van der Waals surface area contributed by atoms with E-state index in [1.165, 1.54) is 18.6 Å². The van der Waals surface area contributed by atoms with Gasteiger partial charge in [0.15, 0.2) is 0 Å². The molecule has 3 N–H and O–H groups in total. The van der Waals surface area contributed by atoms with Crippen LogP contribution in [0.25, 0.3) is 0 Å². The van der Waals surface area contributed by atoms with Crippen molar-refractivity contribution in [2.75, 3.05) is 15.9 Å². The van der Waals surface area contributed by atoms with Crippen molar-refractivity contribution < 1.29 is 10.4 Å². The molecule has 0 spiro atoms. The van der Waals surface area contributed by atoms with E-state index in [0.717, 1.165) is 24.6 Å². The van der Waals surface area contributed by atoms with E-state index in [0.29, 0.717) is 17.5 Å². The molecule has 1 aromatic carbocycles. The molecule has 2 saturated carbocycles. The summed E-state index contributed by atoms with van der Waals surface area (Å²) in [6.45, 7) is 4.36. The third kappa shape index (κ3) is 2.74. The van der Waals surface area contributed by atoms with Gasteiger partial charge in [0.05, 0.1) is 5.69 Å².